The number of carbonyl (C=O) groups excluding carboxylic acids is 1. The summed E-state index contributed by atoms with van der Waals surface area (Å²) in [5.74, 6) is -0.0211. The number of carbonyl (C=O) groups is 1. The molecule has 0 aromatic carbocycles. The summed E-state index contributed by atoms with van der Waals surface area (Å²) in [6.07, 6.45) is 3.16. The molecule has 2 unspecified atom stereocenters. The molecule has 0 amide bonds. The number of rotatable bonds is 3. The highest BCUT2D eigenvalue weighted by Gasteiger charge is 2.35. The maximum Gasteiger partial charge on any atom is 0.188 e. The number of aromatic nitrogens is 2. The highest BCUT2D eigenvalue weighted by Crippen LogP contribution is 2.29. The fourth-order valence-corrected chi connectivity index (χ4v) is 2.47. The standard InChI is InChI=1S/C11H15ClN2O2/c1-3-9-7(4-5-16-9)11(15)10-8(12)6-13-14(10)2/h6-7,9H,3-5H2,1-2H3. The minimum Gasteiger partial charge on any atom is -0.377 e. The molecule has 1 saturated heterocycles. The average Bonchev–Trinajstić information content (AvgIpc) is 2.85. The Hall–Kier alpha value is -0.870. The summed E-state index contributed by atoms with van der Waals surface area (Å²) < 4.78 is 7.06. The van der Waals surface area contributed by atoms with Crippen molar-refractivity contribution >= 4 is 17.4 Å². The molecule has 0 radical (unpaired) electrons. The predicted molar refractivity (Wildman–Crippen MR) is 60.7 cm³/mol. The van der Waals surface area contributed by atoms with Crippen molar-refractivity contribution in [2.45, 2.75) is 25.9 Å². The van der Waals surface area contributed by atoms with Crippen LogP contribution in [0.1, 0.15) is 30.3 Å². The zero-order valence-corrected chi connectivity index (χ0v) is 10.2. The number of nitrogens with zero attached hydrogens (tertiary/aromatic N) is 2. The van der Waals surface area contributed by atoms with Gasteiger partial charge in [-0.2, -0.15) is 5.10 Å². The molecule has 88 valence electrons. The molecular weight excluding hydrogens is 228 g/mol. The van der Waals surface area contributed by atoms with Crippen molar-refractivity contribution in [3.8, 4) is 0 Å². The Morgan fingerprint density at radius 1 is 1.75 bits per heavy atom. The normalized spacial score (nSPS) is 24.9. The molecule has 0 bridgehead atoms. The van der Waals surface area contributed by atoms with Crippen molar-refractivity contribution in [1.29, 1.82) is 0 Å². The molecule has 2 rings (SSSR count). The second kappa shape index (κ2) is 4.55. The highest BCUT2D eigenvalue weighted by atomic mass is 35.5. The number of ketones is 1. The Kier molecular flexibility index (Phi) is 3.30. The summed E-state index contributed by atoms with van der Waals surface area (Å²) in [7, 11) is 1.73. The SMILES string of the molecule is CCC1OCCC1C(=O)c1c(Cl)cnn1C. The van der Waals surface area contributed by atoms with E-state index >= 15 is 0 Å². The molecule has 2 heterocycles. The number of halogens is 1. The second-order valence-corrected chi connectivity index (χ2v) is 4.45. The van der Waals surface area contributed by atoms with Gasteiger partial charge in [0.2, 0.25) is 0 Å². The van der Waals surface area contributed by atoms with Crippen molar-refractivity contribution < 1.29 is 9.53 Å². The first kappa shape index (κ1) is 11.6. The van der Waals surface area contributed by atoms with Crippen LogP contribution in [0.2, 0.25) is 5.02 Å². The van der Waals surface area contributed by atoms with E-state index < -0.39 is 0 Å². The van der Waals surface area contributed by atoms with Crippen LogP contribution in [0.5, 0.6) is 0 Å². The van der Waals surface area contributed by atoms with Crippen LogP contribution in [-0.2, 0) is 11.8 Å². The summed E-state index contributed by atoms with van der Waals surface area (Å²) >= 11 is 5.96. The van der Waals surface area contributed by atoms with Crippen molar-refractivity contribution in [3.05, 3.63) is 16.9 Å². The molecule has 16 heavy (non-hydrogen) atoms. The molecule has 0 N–H and O–H groups in total. The van der Waals surface area contributed by atoms with Crippen molar-refractivity contribution in [2.24, 2.45) is 13.0 Å². The van der Waals surface area contributed by atoms with E-state index in [1.807, 2.05) is 6.92 Å². The van der Waals surface area contributed by atoms with E-state index in [1.54, 1.807) is 7.05 Å². The Balaban J connectivity index is 2.25. The summed E-state index contributed by atoms with van der Waals surface area (Å²) in [6.45, 7) is 2.69. The first-order valence-electron chi connectivity index (χ1n) is 5.48. The van der Waals surface area contributed by atoms with E-state index in [1.165, 1.54) is 10.9 Å². The summed E-state index contributed by atoms with van der Waals surface area (Å²) in [5, 5.41) is 4.41. The average molecular weight is 243 g/mol. The molecule has 1 fully saturated rings. The zero-order valence-electron chi connectivity index (χ0n) is 9.44. The van der Waals surface area contributed by atoms with Gasteiger partial charge in [0.1, 0.15) is 5.69 Å². The fraction of sp³-hybridized carbons (Fsp3) is 0.636. The van der Waals surface area contributed by atoms with E-state index in [0.717, 1.165) is 12.8 Å². The van der Waals surface area contributed by atoms with Crippen LogP contribution in [0, 0.1) is 5.92 Å². The molecule has 1 aromatic rings. The van der Waals surface area contributed by atoms with E-state index in [0.29, 0.717) is 17.3 Å². The van der Waals surface area contributed by atoms with Crippen LogP contribution in [-0.4, -0.2) is 28.3 Å². The second-order valence-electron chi connectivity index (χ2n) is 4.04. The van der Waals surface area contributed by atoms with E-state index in [2.05, 4.69) is 5.10 Å². The lowest BCUT2D eigenvalue weighted by atomic mass is 9.93. The predicted octanol–water partition coefficient (Wildman–Crippen LogP) is 2.07. The third-order valence-electron chi connectivity index (χ3n) is 3.08. The molecule has 1 aromatic heterocycles. The third-order valence-corrected chi connectivity index (χ3v) is 3.35. The third kappa shape index (κ3) is 1.87. The first-order chi connectivity index (χ1) is 7.65. The molecule has 5 heteroatoms. The van der Waals surface area contributed by atoms with E-state index in [-0.39, 0.29) is 17.8 Å². The Bertz CT molecular complexity index is 383. The number of hydrogen-bond acceptors (Lipinski definition) is 3. The monoisotopic (exact) mass is 242 g/mol. The van der Waals surface area contributed by atoms with Gasteiger partial charge in [-0.3, -0.25) is 9.48 Å². The molecule has 4 nitrogen and oxygen atoms in total. The van der Waals surface area contributed by atoms with Gasteiger partial charge in [0.15, 0.2) is 5.78 Å². The van der Waals surface area contributed by atoms with Gasteiger partial charge in [0.05, 0.1) is 23.2 Å². The lowest BCUT2D eigenvalue weighted by molar-refractivity contribution is 0.0682. The topological polar surface area (TPSA) is 44.1 Å². The van der Waals surface area contributed by atoms with E-state index in [4.69, 9.17) is 16.3 Å². The van der Waals surface area contributed by atoms with Crippen LogP contribution in [0.4, 0.5) is 0 Å². The Morgan fingerprint density at radius 2 is 2.50 bits per heavy atom. The molecule has 1 aliphatic heterocycles. The van der Waals surface area contributed by atoms with Crippen molar-refractivity contribution in [3.63, 3.8) is 0 Å². The number of Topliss-reactive ketones (excluding diaryl/α,β-unsaturated/α-hetero) is 1. The number of ether oxygens (including phenoxy) is 1. The molecule has 0 spiro atoms. The molecule has 0 aliphatic carbocycles. The fourth-order valence-electron chi connectivity index (χ4n) is 2.21. The molecular formula is C11H15ClN2O2. The number of aryl methyl sites for hydroxylation is 1. The lowest BCUT2D eigenvalue weighted by Crippen LogP contribution is -2.25. The largest absolute Gasteiger partial charge is 0.377 e. The van der Waals surface area contributed by atoms with Gasteiger partial charge >= 0.3 is 0 Å². The molecule has 0 saturated carbocycles. The Labute approximate surface area is 99.5 Å². The summed E-state index contributed by atoms with van der Waals surface area (Å²) in [5.41, 5.74) is 0.496. The molecule has 2 atom stereocenters. The van der Waals surface area contributed by atoms with Crippen LogP contribution >= 0.6 is 11.6 Å². The Morgan fingerprint density at radius 3 is 3.06 bits per heavy atom. The van der Waals surface area contributed by atoms with Gasteiger partial charge in [0, 0.05) is 13.7 Å². The van der Waals surface area contributed by atoms with E-state index in [9.17, 15) is 4.79 Å². The minimum atomic E-state index is -0.0714. The van der Waals surface area contributed by atoms with Gasteiger partial charge in [-0.15, -0.1) is 0 Å². The van der Waals surface area contributed by atoms with Gasteiger partial charge < -0.3 is 4.74 Å². The number of hydrogen-bond donors (Lipinski definition) is 0. The quantitative estimate of drug-likeness (QED) is 0.763. The lowest BCUT2D eigenvalue weighted by Gasteiger charge is -2.15. The van der Waals surface area contributed by atoms with Crippen molar-refractivity contribution in [2.75, 3.05) is 6.61 Å². The van der Waals surface area contributed by atoms with Gasteiger partial charge in [0.25, 0.3) is 0 Å². The van der Waals surface area contributed by atoms with Crippen LogP contribution in [0.3, 0.4) is 0 Å². The maximum atomic E-state index is 12.3. The highest BCUT2D eigenvalue weighted by molar-refractivity contribution is 6.33. The zero-order chi connectivity index (χ0) is 11.7. The van der Waals surface area contributed by atoms with Crippen LogP contribution < -0.4 is 0 Å². The minimum absolute atomic E-state index is 0.0264. The van der Waals surface area contributed by atoms with Gasteiger partial charge in [-0.1, -0.05) is 18.5 Å². The van der Waals surface area contributed by atoms with Crippen LogP contribution in [0.25, 0.3) is 0 Å². The summed E-state index contributed by atoms with van der Waals surface area (Å²) in [6, 6.07) is 0. The summed E-state index contributed by atoms with van der Waals surface area (Å²) in [4.78, 5) is 12.3. The smallest absolute Gasteiger partial charge is 0.188 e. The van der Waals surface area contributed by atoms with Gasteiger partial charge in [-0.05, 0) is 12.8 Å². The molecule has 1 aliphatic rings. The van der Waals surface area contributed by atoms with Crippen LogP contribution in [0.15, 0.2) is 6.20 Å². The van der Waals surface area contributed by atoms with Gasteiger partial charge in [-0.25, -0.2) is 0 Å². The maximum absolute atomic E-state index is 12.3. The van der Waals surface area contributed by atoms with Crippen molar-refractivity contribution in [1.82, 2.24) is 9.78 Å². The first-order valence-corrected chi connectivity index (χ1v) is 5.86.